The third-order valence-electron chi connectivity index (χ3n) is 6.02. The number of pyridine rings is 1. The van der Waals surface area contributed by atoms with E-state index in [1.165, 1.54) is 11.1 Å². The molecule has 2 atom stereocenters. The van der Waals surface area contributed by atoms with Gasteiger partial charge in [-0.05, 0) is 37.1 Å². The predicted molar refractivity (Wildman–Crippen MR) is 116 cm³/mol. The molecule has 1 aromatic carbocycles. The van der Waals surface area contributed by atoms with Crippen LogP contribution in [-0.4, -0.2) is 33.5 Å². The molecule has 154 valence electrons. The van der Waals surface area contributed by atoms with Gasteiger partial charge in [-0.2, -0.15) is 0 Å². The Labute approximate surface area is 179 Å². The van der Waals surface area contributed by atoms with Crippen LogP contribution in [0.4, 0.5) is 5.69 Å². The number of rotatable bonds is 4. The fourth-order valence-electron chi connectivity index (χ4n) is 4.53. The zero-order valence-electron chi connectivity index (χ0n) is 17.1. The molecule has 2 aliphatic rings. The monoisotopic (exact) mass is 420 g/mol. The molecule has 0 bridgehead atoms. The van der Waals surface area contributed by atoms with Crippen LogP contribution in [-0.2, 0) is 28.2 Å². The second-order valence-electron chi connectivity index (χ2n) is 8.08. The largest absolute Gasteiger partial charge is 0.366 e. The number of anilines is 1. The molecule has 7 heteroatoms. The van der Waals surface area contributed by atoms with E-state index >= 15 is 0 Å². The van der Waals surface area contributed by atoms with Crippen molar-refractivity contribution in [3.8, 4) is 0 Å². The molecule has 1 amide bonds. The van der Waals surface area contributed by atoms with Gasteiger partial charge in [0, 0.05) is 30.6 Å². The van der Waals surface area contributed by atoms with E-state index in [4.69, 9.17) is 4.74 Å². The molecule has 1 spiro atoms. The molecule has 2 aromatic heterocycles. The van der Waals surface area contributed by atoms with Crippen molar-refractivity contribution in [1.82, 2.24) is 14.9 Å². The third-order valence-corrected chi connectivity index (χ3v) is 6.84. The van der Waals surface area contributed by atoms with Crippen LogP contribution in [0.25, 0.3) is 0 Å². The highest BCUT2D eigenvalue weighted by Gasteiger charge is 2.52. The molecule has 1 N–H and O–H groups in total. The second kappa shape index (κ2) is 7.58. The lowest BCUT2D eigenvalue weighted by Gasteiger charge is -2.34. The number of hydrogen-bond acceptors (Lipinski definition) is 6. The number of nitrogens with one attached hydrogen (secondary N) is 1. The predicted octanol–water partition coefficient (Wildman–Crippen LogP) is 3.79. The molecule has 0 aliphatic carbocycles. The normalized spacial score (nSPS) is 23.1. The molecule has 0 radical (unpaired) electrons. The van der Waals surface area contributed by atoms with Crippen LogP contribution in [0.1, 0.15) is 33.9 Å². The molecule has 0 saturated carbocycles. The Bertz CT molecular complexity index is 1080. The van der Waals surface area contributed by atoms with Crippen molar-refractivity contribution in [3.05, 3.63) is 75.5 Å². The first kappa shape index (κ1) is 19.4. The van der Waals surface area contributed by atoms with E-state index in [2.05, 4.69) is 49.8 Å². The summed E-state index contributed by atoms with van der Waals surface area (Å²) in [6.07, 6.45) is 1.80. The fourth-order valence-corrected chi connectivity index (χ4v) is 5.13. The second-order valence-corrected chi connectivity index (χ2v) is 9.15. The van der Waals surface area contributed by atoms with Crippen molar-refractivity contribution in [2.45, 2.75) is 45.0 Å². The van der Waals surface area contributed by atoms with Gasteiger partial charge in [0.1, 0.15) is 6.10 Å². The highest BCUT2D eigenvalue weighted by atomic mass is 32.1. The Balaban J connectivity index is 1.39. The summed E-state index contributed by atoms with van der Waals surface area (Å²) in [4.78, 5) is 24.3. The van der Waals surface area contributed by atoms with Gasteiger partial charge in [-0.25, -0.2) is 4.98 Å². The zero-order valence-corrected chi connectivity index (χ0v) is 17.9. The van der Waals surface area contributed by atoms with Gasteiger partial charge in [0.15, 0.2) is 0 Å². The molecule has 6 nitrogen and oxygen atoms in total. The summed E-state index contributed by atoms with van der Waals surface area (Å²) in [7, 11) is 0. The van der Waals surface area contributed by atoms with Crippen LogP contribution in [0.2, 0.25) is 0 Å². The standard InChI is InChI=1S/C23H24N4O2S/c1-15-7-8-18(10-24-15)26-22(28)21-9-23(14-29-21)20-6-4-3-5-17(20)11-27(23)12-19-13-30-16(2)25-19/h3-8,10,13,21H,9,11-12,14H2,1-2H3,(H,26,28). The van der Waals surface area contributed by atoms with Gasteiger partial charge in [-0.1, -0.05) is 24.3 Å². The minimum atomic E-state index is -0.503. The first-order chi connectivity index (χ1) is 14.5. The van der Waals surface area contributed by atoms with Gasteiger partial charge in [0.05, 0.1) is 34.7 Å². The maximum absolute atomic E-state index is 12.9. The zero-order chi connectivity index (χ0) is 20.7. The molecular weight excluding hydrogens is 396 g/mol. The number of benzene rings is 1. The van der Waals surface area contributed by atoms with Gasteiger partial charge in [-0.3, -0.25) is 14.7 Å². The van der Waals surface area contributed by atoms with Crippen LogP contribution >= 0.6 is 11.3 Å². The summed E-state index contributed by atoms with van der Waals surface area (Å²) in [5.74, 6) is -0.119. The lowest BCUT2D eigenvalue weighted by atomic mass is 9.87. The summed E-state index contributed by atoms with van der Waals surface area (Å²) < 4.78 is 6.09. The van der Waals surface area contributed by atoms with Crippen molar-refractivity contribution in [1.29, 1.82) is 0 Å². The molecular formula is C23H24N4O2S. The number of nitrogens with zero attached hydrogens (tertiary/aromatic N) is 3. The van der Waals surface area contributed by atoms with E-state index in [0.717, 1.165) is 29.5 Å². The van der Waals surface area contributed by atoms with Gasteiger partial charge in [0.25, 0.3) is 5.91 Å². The molecule has 2 unspecified atom stereocenters. The first-order valence-corrected chi connectivity index (χ1v) is 11.0. The quantitative estimate of drug-likeness (QED) is 0.696. The van der Waals surface area contributed by atoms with E-state index in [0.29, 0.717) is 18.7 Å². The molecule has 2 aliphatic heterocycles. The van der Waals surface area contributed by atoms with E-state index in [9.17, 15) is 4.79 Å². The number of carbonyl (C=O) groups is 1. The Hall–Kier alpha value is -2.61. The van der Waals surface area contributed by atoms with E-state index in [1.807, 2.05) is 26.0 Å². The van der Waals surface area contributed by atoms with Crippen molar-refractivity contribution in [3.63, 3.8) is 0 Å². The lowest BCUT2D eigenvalue weighted by Crippen LogP contribution is -2.42. The lowest BCUT2D eigenvalue weighted by molar-refractivity contribution is -0.124. The number of carbonyl (C=O) groups excluding carboxylic acids is 1. The number of thiazole rings is 1. The van der Waals surface area contributed by atoms with Crippen LogP contribution in [0.5, 0.6) is 0 Å². The van der Waals surface area contributed by atoms with E-state index in [1.54, 1.807) is 17.5 Å². The maximum Gasteiger partial charge on any atom is 0.253 e. The van der Waals surface area contributed by atoms with Gasteiger partial charge in [0.2, 0.25) is 0 Å². The van der Waals surface area contributed by atoms with Gasteiger partial charge < -0.3 is 10.1 Å². The molecule has 4 heterocycles. The highest BCUT2D eigenvalue weighted by Crippen LogP contribution is 2.47. The van der Waals surface area contributed by atoms with Crippen LogP contribution < -0.4 is 5.32 Å². The van der Waals surface area contributed by atoms with Crippen LogP contribution in [0, 0.1) is 13.8 Å². The number of amides is 1. The van der Waals surface area contributed by atoms with Crippen molar-refractivity contribution in [2.75, 3.05) is 11.9 Å². The van der Waals surface area contributed by atoms with Crippen molar-refractivity contribution < 1.29 is 9.53 Å². The maximum atomic E-state index is 12.9. The Kier molecular flexibility index (Phi) is 4.89. The van der Waals surface area contributed by atoms with Crippen LogP contribution in [0.15, 0.2) is 48.0 Å². The molecule has 30 heavy (non-hydrogen) atoms. The Morgan fingerprint density at radius 2 is 2.17 bits per heavy atom. The van der Waals surface area contributed by atoms with E-state index < -0.39 is 6.10 Å². The average molecular weight is 421 g/mol. The average Bonchev–Trinajstić information content (AvgIpc) is 3.44. The van der Waals surface area contributed by atoms with Crippen molar-refractivity contribution >= 4 is 22.9 Å². The number of ether oxygens (including phenoxy) is 1. The van der Waals surface area contributed by atoms with Crippen LogP contribution in [0.3, 0.4) is 0 Å². The van der Waals surface area contributed by atoms with E-state index in [-0.39, 0.29) is 11.4 Å². The Morgan fingerprint density at radius 1 is 1.30 bits per heavy atom. The summed E-state index contributed by atoms with van der Waals surface area (Å²) in [5, 5.41) is 6.15. The summed E-state index contributed by atoms with van der Waals surface area (Å²) in [5.41, 5.74) is 4.95. The molecule has 1 fully saturated rings. The molecule has 1 saturated heterocycles. The first-order valence-electron chi connectivity index (χ1n) is 10.1. The highest BCUT2D eigenvalue weighted by molar-refractivity contribution is 7.09. The number of aryl methyl sites for hydroxylation is 2. The fraction of sp³-hybridized carbons (Fsp3) is 0.348. The molecule has 5 rings (SSSR count). The minimum absolute atomic E-state index is 0.119. The number of fused-ring (bicyclic) bond motifs is 2. The van der Waals surface area contributed by atoms with Gasteiger partial charge >= 0.3 is 0 Å². The summed E-state index contributed by atoms with van der Waals surface area (Å²) in [6.45, 7) is 6.04. The Morgan fingerprint density at radius 3 is 2.93 bits per heavy atom. The minimum Gasteiger partial charge on any atom is -0.366 e. The van der Waals surface area contributed by atoms with Crippen molar-refractivity contribution in [2.24, 2.45) is 0 Å². The summed E-state index contributed by atoms with van der Waals surface area (Å²) >= 11 is 1.67. The van der Waals surface area contributed by atoms with Gasteiger partial charge in [-0.15, -0.1) is 11.3 Å². The number of aromatic nitrogens is 2. The third kappa shape index (κ3) is 3.43. The summed E-state index contributed by atoms with van der Waals surface area (Å²) in [6, 6.07) is 12.3. The molecule has 3 aromatic rings. The topological polar surface area (TPSA) is 67.3 Å². The smallest absolute Gasteiger partial charge is 0.253 e. The number of hydrogen-bond donors (Lipinski definition) is 1. The SMILES string of the molecule is Cc1ccc(NC(=O)C2CC3(CO2)c2ccccc2CN3Cc2csc(C)n2)cn1.